The number of benzene rings is 1. The maximum Gasteiger partial charge on any atom is 0.303 e. The summed E-state index contributed by atoms with van der Waals surface area (Å²) in [5.74, 6) is 1.42. The second-order valence-corrected chi connectivity index (χ2v) is 7.99. The van der Waals surface area contributed by atoms with E-state index >= 15 is 0 Å². The number of para-hydroxylation sites is 1. The molecule has 0 aliphatic carbocycles. The number of methoxy groups -OCH3 is 1. The Morgan fingerprint density at radius 1 is 1.32 bits per heavy atom. The first-order valence-electron chi connectivity index (χ1n) is 10.2. The molecule has 2 unspecified atom stereocenters. The number of hydrogen-bond donors (Lipinski definition) is 2. The number of nitrogens with zero attached hydrogens (tertiary/aromatic N) is 2. The predicted octanol–water partition coefficient (Wildman–Crippen LogP) is 2.71. The third kappa shape index (κ3) is 4.15. The van der Waals surface area contributed by atoms with Gasteiger partial charge in [-0.1, -0.05) is 6.07 Å². The SMILES string of the molecule is COc1cccc2[nH]c(CC3CN(C4CCOCC4)CCC3CC(=O)O)nc12. The van der Waals surface area contributed by atoms with Crippen molar-refractivity contribution in [2.75, 3.05) is 33.4 Å². The monoisotopic (exact) mass is 387 g/mol. The smallest absolute Gasteiger partial charge is 0.303 e. The van der Waals surface area contributed by atoms with Crippen LogP contribution in [0, 0.1) is 11.8 Å². The van der Waals surface area contributed by atoms with E-state index in [4.69, 9.17) is 14.5 Å². The summed E-state index contributed by atoms with van der Waals surface area (Å²) in [6.07, 6.45) is 4.06. The van der Waals surface area contributed by atoms with E-state index in [2.05, 4.69) is 9.88 Å². The topological polar surface area (TPSA) is 87.7 Å². The largest absolute Gasteiger partial charge is 0.494 e. The summed E-state index contributed by atoms with van der Waals surface area (Å²) in [5, 5.41) is 9.38. The zero-order valence-electron chi connectivity index (χ0n) is 16.4. The Balaban J connectivity index is 1.53. The van der Waals surface area contributed by atoms with Crippen molar-refractivity contribution >= 4 is 17.0 Å². The molecule has 0 bridgehead atoms. The third-order valence-electron chi connectivity index (χ3n) is 6.27. The van der Waals surface area contributed by atoms with Gasteiger partial charge in [0.1, 0.15) is 17.1 Å². The Kier molecular flexibility index (Phi) is 5.82. The number of piperidine rings is 1. The van der Waals surface area contributed by atoms with E-state index in [9.17, 15) is 9.90 Å². The second-order valence-electron chi connectivity index (χ2n) is 7.99. The molecule has 2 saturated heterocycles. The van der Waals surface area contributed by atoms with Crippen LogP contribution in [-0.4, -0.2) is 65.4 Å². The molecule has 28 heavy (non-hydrogen) atoms. The summed E-state index contributed by atoms with van der Waals surface area (Å²) in [4.78, 5) is 22.1. The number of carboxylic acids is 1. The molecule has 152 valence electrons. The van der Waals surface area contributed by atoms with Gasteiger partial charge in [0.2, 0.25) is 0 Å². The maximum absolute atomic E-state index is 11.4. The fraction of sp³-hybridized carbons (Fsp3) is 0.619. The van der Waals surface area contributed by atoms with Crippen molar-refractivity contribution in [1.29, 1.82) is 0 Å². The van der Waals surface area contributed by atoms with Crippen LogP contribution in [0.25, 0.3) is 11.0 Å². The number of nitrogens with one attached hydrogen (secondary N) is 1. The maximum atomic E-state index is 11.4. The Morgan fingerprint density at radius 2 is 2.14 bits per heavy atom. The molecule has 1 aromatic heterocycles. The number of hydrogen-bond acceptors (Lipinski definition) is 5. The minimum Gasteiger partial charge on any atom is -0.494 e. The van der Waals surface area contributed by atoms with Gasteiger partial charge < -0.3 is 19.6 Å². The lowest BCUT2D eigenvalue weighted by Gasteiger charge is -2.43. The molecule has 2 N–H and O–H groups in total. The predicted molar refractivity (Wildman–Crippen MR) is 106 cm³/mol. The molecule has 0 saturated carbocycles. The molecule has 0 spiro atoms. The minimum atomic E-state index is -0.708. The fourth-order valence-corrected chi connectivity index (χ4v) is 4.78. The van der Waals surface area contributed by atoms with Crippen LogP contribution >= 0.6 is 0 Å². The zero-order valence-corrected chi connectivity index (χ0v) is 16.4. The number of likely N-dealkylation sites (tertiary alicyclic amines) is 1. The molecule has 7 heteroatoms. The van der Waals surface area contributed by atoms with Gasteiger partial charge in [-0.15, -0.1) is 0 Å². The standard InChI is InChI=1S/C21H29N3O4/c1-27-18-4-2-3-17-21(18)23-19(22-17)11-15-13-24(16-6-9-28-10-7-16)8-5-14(15)12-20(25)26/h2-4,14-16H,5-13H2,1H3,(H,22,23)(H,25,26). The first-order chi connectivity index (χ1) is 13.6. The van der Waals surface area contributed by atoms with E-state index < -0.39 is 5.97 Å². The van der Waals surface area contributed by atoms with E-state index in [1.54, 1.807) is 7.11 Å². The summed E-state index contributed by atoms with van der Waals surface area (Å²) >= 11 is 0. The van der Waals surface area contributed by atoms with Crippen molar-refractivity contribution in [2.24, 2.45) is 11.8 Å². The van der Waals surface area contributed by atoms with Gasteiger partial charge in [0.15, 0.2) is 0 Å². The lowest BCUT2D eigenvalue weighted by atomic mass is 9.80. The number of aliphatic carboxylic acids is 1. The number of imidazole rings is 1. The minimum absolute atomic E-state index is 0.184. The Labute approximate surface area is 165 Å². The van der Waals surface area contributed by atoms with Crippen molar-refractivity contribution < 1.29 is 19.4 Å². The van der Waals surface area contributed by atoms with Gasteiger partial charge >= 0.3 is 5.97 Å². The van der Waals surface area contributed by atoms with Crippen LogP contribution in [0.3, 0.4) is 0 Å². The average molecular weight is 387 g/mol. The highest BCUT2D eigenvalue weighted by Gasteiger charge is 2.34. The van der Waals surface area contributed by atoms with Gasteiger partial charge in [-0.05, 0) is 49.8 Å². The van der Waals surface area contributed by atoms with Crippen LogP contribution in [0.1, 0.15) is 31.5 Å². The van der Waals surface area contributed by atoms with Crippen molar-refractivity contribution in [2.45, 2.75) is 38.1 Å². The lowest BCUT2D eigenvalue weighted by molar-refractivity contribution is -0.139. The molecule has 2 atom stereocenters. The Morgan fingerprint density at radius 3 is 2.89 bits per heavy atom. The molecule has 1 aromatic carbocycles. The molecule has 0 radical (unpaired) electrons. The molecular formula is C21H29N3O4. The van der Waals surface area contributed by atoms with Gasteiger partial charge in [-0.25, -0.2) is 4.98 Å². The van der Waals surface area contributed by atoms with E-state index in [0.29, 0.717) is 6.04 Å². The fourth-order valence-electron chi connectivity index (χ4n) is 4.78. The van der Waals surface area contributed by atoms with Gasteiger partial charge in [-0.2, -0.15) is 0 Å². The van der Waals surface area contributed by atoms with Crippen molar-refractivity contribution in [3.05, 3.63) is 24.0 Å². The van der Waals surface area contributed by atoms with Crippen LogP contribution in [0.4, 0.5) is 0 Å². The summed E-state index contributed by atoms with van der Waals surface area (Å²) in [7, 11) is 1.65. The number of H-pyrrole nitrogens is 1. The molecule has 2 aliphatic heterocycles. The van der Waals surface area contributed by atoms with Crippen LogP contribution in [-0.2, 0) is 16.0 Å². The van der Waals surface area contributed by atoms with E-state index in [-0.39, 0.29) is 18.3 Å². The number of carboxylic acid groups (broad SMARTS) is 1. The van der Waals surface area contributed by atoms with Crippen LogP contribution in [0.5, 0.6) is 5.75 Å². The number of ether oxygens (including phenoxy) is 2. The van der Waals surface area contributed by atoms with Crippen LogP contribution in [0.15, 0.2) is 18.2 Å². The normalized spacial score (nSPS) is 24.5. The molecular weight excluding hydrogens is 358 g/mol. The van der Waals surface area contributed by atoms with Crippen LogP contribution < -0.4 is 4.74 Å². The summed E-state index contributed by atoms with van der Waals surface area (Å²) in [5.41, 5.74) is 1.80. The first kappa shape index (κ1) is 19.2. The van der Waals surface area contributed by atoms with Crippen molar-refractivity contribution in [3.8, 4) is 5.75 Å². The zero-order chi connectivity index (χ0) is 19.5. The Hall–Kier alpha value is -2.12. The van der Waals surface area contributed by atoms with Gasteiger partial charge in [-0.3, -0.25) is 9.69 Å². The number of aromatic amines is 1. The molecule has 4 rings (SSSR count). The van der Waals surface area contributed by atoms with E-state index in [1.807, 2.05) is 18.2 Å². The third-order valence-corrected chi connectivity index (χ3v) is 6.27. The average Bonchev–Trinajstić information content (AvgIpc) is 3.12. The number of carbonyl (C=O) groups is 1. The summed E-state index contributed by atoms with van der Waals surface area (Å²) in [6, 6.07) is 6.41. The van der Waals surface area contributed by atoms with E-state index in [0.717, 1.165) is 74.6 Å². The highest BCUT2D eigenvalue weighted by atomic mass is 16.5. The quantitative estimate of drug-likeness (QED) is 0.792. The number of rotatable bonds is 6. The first-order valence-corrected chi connectivity index (χ1v) is 10.2. The number of aromatic nitrogens is 2. The van der Waals surface area contributed by atoms with Gasteiger partial charge in [0.05, 0.1) is 12.6 Å². The molecule has 2 aliphatic rings. The van der Waals surface area contributed by atoms with Crippen LogP contribution in [0.2, 0.25) is 0 Å². The highest BCUT2D eigenvalue weighted by Crippen LogP contribution is 2.32. The molecule has 3 heterocycles. The summed E-state index contributed by atoms with van der Waals surface area (Å²) in [6.45, 7) is 3.56. The summed E-state index contributed by atoms with van der Waals surface area (Å²) < 4.78 is 10.9. The van der Waals surface area contributed by atoms with Crippen molar-refractivity contribution in [3.63, 3.8) is 0 Å². The molecule has 2 fully saturated rings. The second kappa shape index (κ2) is 8.49. The van der Waals surface area contributed by atoms with Crippen molar-refractivity contribution in [1.82, 2.24) is 14.9 Å². The highest BCUT2D eigenvalue weighted by molar-refractivity contribution is 5.81. The lowest BCUT2D eigenvalue weighted by Crippen LogP contribution is -2.48. The van der Waals surface area contributed by atoms with E-state index in [1.165, 1.54) is 0 Å². The number of fused-ring (bicyclic) bond motifs is 1. The van der Waals surface area contributed by atoms with Gasteiger partial charge in [0.25, 0.3) is 0 Å². The molecule has 7 nitrogen and oxygen atoms in total. The van der Waals surface area contributed by atoms with Gasteiger partial charge in [0, 0.05) is 38.6 Å². The molecule has 0 amide bonds. The Bertz CT molecular complexity index is 815. The molecule has 2 aromatic rings.